The molecule has 3 heterocycles. The van der Waals surface area contributed by atoms with Crippen molar-refractivity contribution in [3.05, 3.63) is 93.9 Å². The van der Waals surface area contributed by atoms with Crippen molar-refractivity contribution in [3.8, 4) is 11.7 Å². The molecular weight excluding hydrogens is 458 g/mol. The van der Waals surface area contributed by atoms with Crippen LogP contribution in [0.3, 0.4) is 0 Å². The first kappa shape index (κ1) is 23.1. The molecule has 1 aliphatic heterocycles. The molecule has 1 amide bonds. The van der Waals surface area contributed by atoms with Gasteiger partial charge in [-0.3, -0.25) is 4.79 Å². The number of nitrogens with zero attached hydrogens (tertiary/aromatic N) is 4. The number of rotatable bonds is 5. The number of hydrogen-bond donors (Lipinski definition) is 1. The van der Waals surface area contributed by atoms with Crippen LogP contribution in [-0.4, -0.2) is 31.4 Å². The number of hydrogen-bond acceptors (Lipinski definition) is 6. The molecule has 8 heteroatoms. The summed E-state index contributed by atoms with van der Waals surface area (Å²) in [6.45, 7) is 8.40. The van der Waals surface area contributed by atoms with Crippen LogP contribution in [0.5, 0.6) is 5.75 Å². The summed E-state index contributed by atoms with van der Waals surface area (Å²) in [5, 5.41) is 7.70. The molecule has 1 N–H and O–H groups in total. The van der Waals surface area contributed by atoms with Crippen LogP contribution in [0, 0.1) is 27.7 Å². The molecule has 0 bridgehead atoms. The molecule has 2 aromatic carbocycles. The molecule has 5 rings (SSSR count). The third kappa shape index (κ3) is 4.93. The summed E-state index contributed by atoms with van der Waals surface area (Å²) >= 11 is 1.59. The first-order valence-corrected chi connectivity index (χ1v) is 12.5. The molecule has 0 saturated carbocycles. The van der Waals surface area contributed by atoms with Gasteiger partial charge < -0.3 is 10.1 Å². The van der Waals surface area contributed by atoms with Crippen molar-refractivity contribution in [2.24, 2.45) is 0 Å². The molecule has 1 atom stereocenters. The van der Waals surface area contributed by atoms with Crippen LogP contribution in [0.15, 0.2) is 54.6 Å². The summed E-state index contributed by atoms with van der Waals surface area (Å²) in [6, 6.07) is 18.3. The van der Waals surface area contributed by atoms with Gasteiger partial charge in [0.1, 0.15) is 18.2 Å². The number of benzene rings is 2. The third-order valence-corrected chi connectivity index (χ3v) is 7.11. The highest BCUT2D eigenvalue weighted by Crippen LogP contribution is 2.44. The number of nitrogens with one attached hydrogen (secondary N) is 1. The van der Waals surface area contributed by atoms with Crippen molar-refractivity contribution in [3.63, 3.8) is 0 Å². The van der Waals surface area contributed by atoms with Crippen molar-refractivity contribution < 1.29 is 9.53 Å². The summed E-state index contributed by atoms with van der Waals surface area (Å²) in [5.74, 6) is 2.17. The van der Waals surface area contributed by atoms with Gasteiger partial charge in [-0.2, -0.15) is 9.78 Å². The molecule has 0 spiro atoms. The average molecular weight is 486 g/mol. The zero-order valence-corrected chi connectivity index (χ0v) is 21.0. The van der Waals surface area contributed by atoms with E-state index in [-0.39, 0.29) is 11.2 Å². The summed E-state index contributed by atoms with van der Waals surface area (Å²) in [4.78, 5) is 21.7. The number of ether oxygens (including phenoxy) is 1. The molecule has 0 radical (unpaired) electrons. The third-order valence-electron chi connectivity index (χ3n) is 5.84. The van der Waals surface area contributed by atoms with E-state index in [4.69, 9.17) is 9.84 Å². The second-order valence-electron chi connectivity index (χ2n) is 8.80. The van der Waals surface area contributed by atoms with Gasteiger partial charge in [0.15, 0.2) is 0 Å². The zero-order valence-electron chi connectivity index (χ0n) is 20.2. The van der Waals surface area contributed by atoms with E-state index in [1.807, 2.05) is 45.0 Å². The average Bonchev–Trinajstić information content (AvgIpc) is 3.02. The highest BCUT2D eigenvalue weighted by atomic mass is 32.2. The Morgan fingerprint density at radius 3 is 2.49 bits per heavy atom. The van der Waals surface area contributed by atoms with Gasteiger partial charge in [0.05, 0.1) is 16.7 Å². The number of anilines is 1. The Bertz CT molecular complexity index is 1380. The number of thioether (sulfide) groups is 1. The fraction of sp³-hybridized carbons (Fsp3) is 0.259. The summed E-state index contributed by atoms with van der Waals surface area (Å²) in [5.41, 5.74) is 6.94. The number of fused-ring (bicyclic) bond motifs is 1. The van der Waals surface area contributed by atoms with Crippen LogP contribution in [0.25, 0.3) is 5.95 Å². The van der Waals surface area contributed by atoms with Crippen molar-refractivity contribution >= 4 is 23.5 Å². The van der Waals surface area contributed by atoms with Crippen LogP contribution in [0.1, 0.15) is 44.6 Å². The van der Waals surface area contributed by atoms with Gasteiger partial charge in [-0.15, -0.1) is 11.8 Å². The standard InChI is InChI=1S/C27H27N5O2S/c1-16-6-5-7-20(12-16)14-34-22-10-8-21(9-11-22)25-24-19(4)31-32(26(24)30-23(33)15-35-25)27-28-17(2)13-18(3)29-27/h5-13,25H,14-15H2,1-4H3,(H,30,33)/t25-/m1/s1. The normalized spacial score (nSPS) is 15.3. The highest BCUT2D eigenvalue weighted by Gasteiger charge is 2.31. The molecule has 0 saturated heterocycles. The van der Waals surface area contributed by atoms with Gasteiger partial charge >= 0.3 is 0 Å². The lowest BCUT2D eigenvalue weighted by Crippen LogP contribution is -2.17. The number of aryl methyl sites for hydroxylation is 4. The van der Waals surface area contributed by atoms with Crippen LogP contribution in [0.2, 0.25) is 0 Å². The highest BCUT2D eigenvalue weighted by molar-refractivity contribution is 8.00. The maximum absolute atomic E-state index is 12.6. The Hall–Kier alpha value is -3.65. The van der Waals surface area contributed by atoms with Gasteiger partial charge in [-0.1, -0.05) is 42.0 Å². The molecular formula is C27H27N5O2S. The molecule has 35 heavy (non-hydrogen) atoms. The van der Waals surface area contributed by atoms with Crippen molar-refractivity contribution in [2.45, 2.75) is 39.6 Å². The SMILES string of the molecule is Cc1cccc(COc2ccc([C@H]3SCC(=O)Nc4c3c(C)nn4-c3nc(C)cc(C)n3)cc2)c1. The van der Waals surface area contributed by atoms with Crippen LogP contribution >= 0.6 is 11.8 Å². The topological polar surface area (TPSA) is 81.9 Å². The predicted octanol–water partition coefficient (Wildman–Crippen LogP) is 5.25. The summed E-state index contributed by atoms with van der Waals surface area (Å²) in [6.07, 6.45) is 0. The van der Waals surface area contributed by atoms with Gasteiger partial charge in [0.25, 0.3) is 5.95 Å². The van der Waals surface area contributed by atoms with Crippen molar-refractivity contribution in [2.75, 3.05) is 11.1 Å². The zero-order chi connectivity index (χ0) is 24.5. The van der Waals surface area contributed by atoms with E-state index in [9.17, 15) is 4.79 Å². The van der Waals surface area contributed by atoms with Crippen molar-refractivity contribution in [1.82, 2.24) is 19.7 Å². The molecule has 1 aliphatic rings. The lowest BCUT2D eigenvalue weighted by Gasteiger charge is -2.16. The lowest BCUT2D eigenvalue weighted by atomic mass is 10.0. The molecule has 178 valence electrons. The Kier molecular flexibility index (Phi) is 6.30. The maximum Gasteiger partial charge on any atom is 0.252 e. The molecule has 4 aromatic rings. The van der Waals surface area contributed by atoms with Crippen LogP contribution in [0.4, 0.5) is 5.82 Å². The van der Waals surface area contributed by atoms with E-state index >= 15 is 0 Å². The van der Waals surface area contributed by atoms with Gasteiger partial charge in [0.2, 0.25) is 5.91 Å². The Morgan fingerprint density at radius 2 is 1.77 bits per heavy atom. The van der Waals surface area contributed by atoms with E-state index in [1.165, 1.54) is 5.56 Å². The quantitative estimate of drug-likeness (QED) is 0.416. The van der Waals surface area contributed by atoms with Gasteiger partial charge in [-0.25, -0.2) is 9.97 Å². The van der Waals surface area contributed by atoms with E-state index in [0.29, 0.717) is 24.1 Å². The van der Waals surface area contributed by atoms with Crippen LogP contribution < -0.4 is 10.1 Å². The van der Waals surface area contributed by atoms with E-state index in [0.717, 1.165) is 39.5 Å². The number of amides is 1. The first-order valence-electron chi connectivity index (χ1n) is 11.5. The first-order chi connectivity index (χ1) is 16.9. The smallest absolute Gasteiger partial charge is 0.252 e. The Balaban J connectivity index is 1.45. The number of carbonyl (C=O) groups is 1. The largest absolute Gasteiger partial charge is 0.489 e. The number of carbonyl (C=O) groups excluding carboxylic acids is 1. The van der Waals surface area contributed by atoms with Gasteiger partial charge in [0, 0.05) is 17.0 Å². The summed E-state index contributed by atoms with van der Waals surface area (Å²) < 4.78 is 7.66. The van der Waals surface area contributed by atoms with E-state index < -0.39 is 0 Å². The minimum absolute atomic E-state index is 0.0607. The second kappa shape index (κ2) is 9.54. The van der Waals surface area contributed by atoms with Crippen LogP contribution in [-0.2, 0) is 11.4 Å². The molecule has 0 fully saturated rings. The van der Waals surface area contributed by atoms with E-state index in [1.54, 1.807) is 16.4 Å². The molecule has 0 unspecified atom stereocenters. The molecule has 7 nitrogen and oxygen atoms in total. The fourth-order valence-electron chi connectivity index (χ4n) is 4.30. The summed E-state index contributed by atoms with van der Waals surface area (Å²) in [7, 11) is 0. The predicted molar refractivity (Wildman–Crippen MR) is 138 cm³/mol. The number of aromatic nitrogens is 4. The Labute approximate surface area is 209 Å². The monoisotopic (exact) mass is 485 g/mol. The molecule has 0 aliphatic carbocycles. The van der Waals surface area contributed by atoms with Gasteiger partial charge in [-0.05, 0) is 57.0 Å². The fourth-order valence-corrected chi connectivity index (χ4v) is 5.49. The van der Waals surface area contributed by atoms with Crippen molar-refractivity contribution in [1.29, 1.82) is 0 Å². The second-order valence-corrected chi connectivity index (χ2v) is 9.89. The minimum Gasteiger partial charge on any atom is -0.489 e. The Morgan fingerprint density at radius 1 is 1.03 bits per heavy atom. The van der Waals surface area contributed by atoms with E-state index in [2.05, 4.69) is 52.5 Å². The molecule has 2 aromatic heterocycles. The lowest BCUT2D eigenvalue weighted by molar-refractivity contribution is -0.113. The minimum atomic E-state index is -0.0672. The maximum atomic E-state index is 12.6.